The van der Waals surface area contributed by atoms with Gasteiger partial charge in [-0.2, -0.15) is 0 Å². The maximum atomic E-state index is 13.0. The van der Waals surface area contributed by atoms with Crippen molar-refractivity contribution in [2.24, 2.45) is 0 Å². The predicted molar refractivity (Wildman–Crippen MR) is 149 cm³/mol. The number of fused-ring (bicyclic) bond motifs is 1. The summed E-state index contributed by atoms with van der Waals surface area (Å²) in [5.41, 5.74) is 3.49. The standard InChI is InChI=1S/C28H31N3O3S2/c1-3-5-6-12-17-31-23-16-11-10-15-21(23)30-28(31)35-19-25(32)29-22-18-24(20-13-8-7-9-14-20)36-26(22)27(33)34-4-2/h7-11,13-16,18H,3-6,12,17,19H2,1-2H3,(H,29,32). The summed E-state index contributed by atoms with van der Waals surface area (Å²) in [5, 5.41) is 3.77. The fraction of sp³-hybridized carbons (Fsp3) is 0.321. The molecular formula is C28H31N3O3S2. The molecule has 2 aromatic carbocycles. The number of anilines is 1. The zero-order chi connectivity index (χ0) is 25.3. The smallest absolute Gasteiger partial charge is 0.350 e. The Balaban J connectivity index is 1.49. The van der Waals surface area contributed by atoms with E-state index in [0.717, 1.165) is 39.6 Å². The maximum absolute atomic E-state index is 13.0. The molecule has 2 aromatic heterocycles. The Morgan fingerprint density at radius 1 is 1.03 bits per heavy atom. The number of thioether (sulfide) groups is 1. The van der Waals surface area contributed by atoms with Crippen LogP contribution in [0.5, 0.6) is 0 Å². The van der Waals surface area contributed by atoms with Gasteiger partial charge in [0.1, 0.15) is 4.88 Å². The number of para-hydroxylation sites is 2. The fourth-order valence-corrected chi connectivity index (χ4v) is 5.82. The Bertz CT molecular complexity index is 1310. The molecule has 1 amide bonds. The summed E-state index contributed by atoms with van der Waals surface area (Å²) in [4.78, 5) is 31.6. The van der Waals surface area contributed by atoms with Gasteiger partial charge in [-0.25, -0.2) is 9.78 Å². The number of nitrogens with zero attached hydrogens (tertiary/aromatic N) is 2. The minimum atomic E-state index is -0.429. The molecule has 0 fully saturated rings. The molecule has 1 N–H and O–H groups in total. The van der Waals surface area contributed by atoms with Crippen molar-refractivity contribution in [3.63, 3.8) is 0 Å². The number of carbonyl (C=O) groups excluding carboxylic acids is 2. The van der Waals surface area contributed by atoms with E-state index in [9.17, 15) is 9.59 Å². The van der Waals surface area contributed by atoms with Gasteiger partial charge >= 0.3 is 5.97 Å². The van der Waals surface area contributed by atoms with Crippen molar-refractivity contribution in [1.29, 1.82) is 0 Å². The minimum Gasteiger partial charge on any atom is -0.462 e. The first-order valence-corrected chi connectivity index (χ1v) is 14.1. The largest absolute Gasteiger partial charge is 0.462 e. The third-order valence-electron chi connectivity index (χ3n) is 5.71. The number of carbonyl (C=O) groups is 2. The van der Waals surface area contributed by atoms with Gasteiger partial charge in [0.05, 0.1) is 29.1 Å². The molecule has 0 unspecified atom stereocenters. The second kappa shape index (κ2) is 12.7. The molecule has 2 heterocycles. The van der Waals surface area contributed by atoms with Crippen molar-refractivity contribution in [2.75, 3.05) is 17.7 Å². The van der Waals surface area contributed by atoms with Gasteiger partial charge in [-0.05, 0) is 37.1 Å². The highest BCUT2D eigenvalue weighted by molar-refractivity contribution is 7.99. The van der Waals surface area contributed by atoms with Gasteiger partial charge in [0.25, 0.3) is 0 Å². The van der Waals surface area contributed by atoms with E-state index in [0.29, 0.717) is 10.6 Å². The first-order chi connectivity index (χ1) is 17.6. The molecule has 188 valence electrons. The van der Waals surface area contributed by atoms with Crippen LogP contribution in [-0.2, 0) is 16.1 Å². The van der Waals surface area contributed by atoms with Crippen LogP contribution in [0.2, 0.25) is 0 Å². The number of thiophene rings is 1. The zero-order valence-corrected chi connectivity index (χ0v) is 22.3. The molecule has 0 spiro atoms. The second-order valence-corrected chi connectivity index (χ2v) is 10.4. The van der Waals surface area contributed by atoms with Gasteiger partial charge in [0.15, 0.2) is 5.16 Å². The van der Waals surface area contributed by atoms with Crippen molar-refractivity contribution in [3.8, 4) is 10.4 Å². The molecule has 0 aliphatic rings. The first kappa shape index (κ1) is 26.0. The van der Waals surface area contributed by atoms with Gasteiger partial charge in [0, 0.05) is 11.4 Å². The van der Waals surface area contributed by atoms with Crippen molar-refractivity contribution in [3.05, 3.63) is 65.5 Å². The Kier molecular flexibility index (Phi) is 9.19. The Labute approximate surface area is 220 Å². The number of esters is 1. The number of benzene rings is 2. The van der Waals surface area contributed by atoms with E-state index in [-0.39, 0.29) is 18.3 Å². The number of amides is 1. The van der Waals surface area contributed by atoms with Crippen LogP contribution in [0.25, 0.3) is 21.5 Å². The third-order valence-corrected chi connectivity index (χ3v) is 7.85. The molecule has 6 nitrogen and oxygen atoms in total. The molecule has 4 aromatic rings. The number of aromatic nitrogens is 2. The fourth-order valence-electron chi connectivity index (χ4n) is 3.97. The van der Waals surface area contributed by atoms with E-state index < -0.39 is 5.97 Å². The minimum absolute atomic E-state index is 0.187. The predicted octanol–water partition coefficient (Wildman–Crippen LogP) is 7.25. The van der Waals surface area contributed by atoms with Gasteiger partial charge in [-0.3, -0.25) is 4.79 Å². The zero-order valence-electron chi connectivity index (χ0n) is 20.7. The number of unbranched alkanes of at least 4 members (excludes halogenated alkanes) is 3. The van der Waals surface area contributed by atoms with Crippen LogP contribution >= 0.6 is 23.1 Å². The number of nitrogens with one attached hydrogen (secondary N) is 1. The number of hydrogen-bond acceptors (Lipinski definition) is 6. The van der Waals surface area contributed by atoms with E-state index in [1.165, 1.54) is 42.4 Å². The van der Waals surface area contributed by atoms with Crippen molar-refractivity contribution in [2.45, 2.75) is 51.2 Å². The summed E-state index contributed by atoms with van der Waals surface area (Å²) in [7, 11) is 0. The quantitative estimate of drug-likeness (QED) is 0.121. The Hall–Kier alpha value is -3.10. The highest BCUT2D eigenvalue weighted by Gasteiger charge is 2.21. The summed E-state index contributed by atoms with van der Waals surface area (Å²) < 4.78 is 7.45. The molecule has 0 bridgehead atoms. The number of ether oxygens (including phenoxy) is 1. The average molecular weight is 522 g/mol. The van der Waals surface area contributed by atoms with Gasteiger partial charge in [-0.15, -0.1) is 11.3 Å². The van der Waals surface area contributed by atoms with E-state index in [1.54, 1.807) is 6.92 Å². The molecular weight excluding hydrogens is 490 g/mol. The van der Waals surface area contributed by atoms with Crippen LogP contribution in [0.1, 0.15) is 49.2 Å². The summed E-state index contributed by atoms with van der Waals surface area (Å²) in [5.74, 6) is -0.425. The lowest BCUT2D eigenvalue weighted by Crippen LogP contribution is -2.16. The summed E-state index contributed by atoms with van der Waals surface area (Å²) >= 11 is 2.74. The van der Waals surface area contributed by atoms with Crippen molar-refractivity contribution in [1.82, 2.24) is 9.55 Å². The average Bonchev–Trinajstić information content (AvgIpc) is 3.47. The molecule has 0 saturated heterocycles. The van der Waals surface area contributed by atoms with Crippen molar-refractivity contribution >= 4 is 51.7 Å². The van der Waals surface area contributed by atoms with E-state index in [2.05, 4.69) is 22.9 Å². The Morgan fingerprint density at radius 2 is 1.81 bits per heavy atom. The Morgan fingerprint density at radius 3 is 2.58 bits per heavy atom. The van der Waals surface area contributed by atoms with Crippen molar-refractivity contribution < 1.29 is 14.3 Å². The SMILES string of the molecule is CCCCCCn1c(SCC(=O)Nc2cc(-c3ccccc3)sc2C(=O)OCC)nc2ccccc21. The summed E-state index contributed by atoms with van der Waals surface area (Å²) in [6, 6.07) is 19.7. The molecule has 0 saturated carbocycles. The summed E-state index contributed by atoms with van der Waals surface area (Å²) in [6.07, 6.45) is 4.65. The number of rotatable bonds is 12. The number of imidazole rings is 1. The lowest BCUT2D eigenvalue weighted by atomic mass is 10.2. The highest BCUT2D eigenvalue weighted by atomic mass is 32.2. The molecule has 8 heteroatoms. The van der Waals surface area contributed by atoms with Crippen LogP contribution in [0, 0.1) is 0 Å². The monoisotopic (exact) mass is 521 g/mol. The van der Waals surface area contributed by atoms with Crippen LogP contribution in [0.3, 0.4) is 0 Å². The second-order valence-electron chi connectivity index (χ2n) is 8.37. The molecule has 0 atom stereocenters. The molecule has 36 heavy (non-hydrogen) atoms. The molecule has 4 rings (SSSR count). The van der Waals surface area contributed by atoms with E-state index in [4.69, 9.17) is 9.72 Å². The lowest BCUT2D eigenvalue weighted by molar-refractivity contribution is -0.113. The highest BCUT2D eigenvalue weighted by Crippen LogP contribution is 2.35. The number of hydrogen-bond donors (Lipinski definition) is 1. The molecule has 0 radical (unpaired) electrons. The van der Waals surface area contributed by atoms with E-state index in [1.807, 2.05) is 54.6 Å². The normalized spacial score (nSPS) is 11.1. The maximum Gasteiger partial charge on any atom is 0.350 e. The van der Waals surface area contributed by atoms with Crippen LogP contribution < -0.4 is 5.32 Å². The van der Waals surface area contributed by atoms with Crippen LogP contribution in [0.15, 0.2) is 65.8 Å². The van der Waals surface area contributed by atoms with Gasteiger partial charge in [0.2, 0.25) is 5.91 Å². The van der Waals surface area contributed by atoms with Gasteiger partial charge in [-0.1, -0.05) is 80.4 Å². The lowest BCUT2D eigenvalue weighted by Gasteiger charge is -2.09. The van der Waals surface area contributed by atoms with Crippen LogP contribution in [0.4, 0.5) is 5.69 Å². The van der Waals surface area contributed by atoms with Gasteiger partial charge < -0.3 is 14.6 Å². The molecule has 0 aliphatic heterocycles. The third kappa shape index (κ3) is 6.36. The summed E-state index contributed by atoms with van der Waals surface area (Å²) in [6.45, 7) is 5.13. The van der Waals surface area contributed by atoms with Crippen LogP contribution in [-0.4, -0.2) is 33.8 Å². The number of aryl methyl sites for hydroxylation is 1. The van der Waals surface area contributed by atoms with E-state index >= 15 is 0 Å². The molecule has 0 aliphatic carbocycles. The first-order valence-electron chi connectivity index (χ1n) is 12.3. The topological polar surface area (TPSA) is 73.2 Å².